The standard InChI is InChI=1S/C24H24ClN3O/c1-16-7-14-21-23(20(16)13-8-17-5-3-2-4-6-17)27-24(26)28(21)15-22(29)18-9-11-19(25)12-10-18/h2-6,9-12,14,16H,7-8,13,15H2,1H3,(H2,26,27). The van der Waals surface area contributed by atoms with Crippen molar-refractivity contribution in [3.05, 3.63) is 87.1 Å². The van der Waals surface area contributed by atoms with Crippen LogP contribution in [0.1, 0.15) is 35.7 Å². The zero-order valence-corrected chi connectivity index (χ0v) is 17.2. The molecule has 0 bridgehead atoms. The third-order valence-electron chi connectivity index (χ3n) is 5.63. The van der Waals surface area contributed by atoms with Crippen LogP contribution >= 0.6 is 11.6 Å². The van der Waals surface area contributed by atoms with Gasteiger partial charge in [-0.25, -0.2) is 0 Å². The minimum Gasteiger partial charge on any atom is -0.324 e. The molecule has 0 radical (unpaired) electrons. The Morgan fingerprint density at radius 1 is 1.14 bits per heavy atom. The zero-order valence-electron chi connectivity index (χ0n) is 16.4. The lowest BCUT2D eigenvalue weighted by atomic mass is 9.89. The number of rotatable bonds is 6. The van der Waals surface area contributed by atoms with Gasteiger partial charge in [-0.3, -0.25) is 10.2 Å². The van der Waals surface area contributed by atoms with E-state index in [9.17, 15) is 4.79 Å². The minimum atomic E-state index is -0.0279. The molecular formula is C24H24ClN3O. The number of ketones is 1. The fourth-order valence-electron chi connectivity index (χ4n) is 3.97. The van der Waals surface area contributed by atoms with Crippen LogP contribution < -0.4 is 16.3 Å². The Kier molecular flexibility index (Phi) is 5.54. The molecule has 1 aliphatic carbocycles. The van der Waals surface area contributed by atoms with Gasteiger partial charge in [0.2, 0.25) is 5.62 Å². The van der Waals surface area contributed by atoms with Crippen molar-refractivity contribution in [1.82, 2.24) is 9.55 Å². The maximum atomic E-state index is 12.7. The number of hydrogen-bond donors (Lipinski definition) is 2. The molecule has 3 aromatic rings. The van der Waals surface area contributed by atoms with Crippen LogP contribution in [0.15, 0.2) is 54.6 Å². The van der Waals surface area contributed by atoms with E-state index in [0.29, 0.717) is 16.5 Å². The number of benzene rings is 2. The fourth-order valence-corrected chi connectivity index (χ4v) is 4.10. The number of H-pyrrole nitrogens is 1. The van der Waals surface area contributed by atoms with E-state index in [-0.39, 0.29) is 17.9 Å². The summed E-state index contributed by atoms with van der Waals surface area (Å²) in [5.74, 6) is 0.393. The van der Waals surface area contributed by atoms with Gasteiger partial charge in [-0.1, -0.05) is 54.9 Å². The van der Waals surface area contributed by atoms with Gasteiger partial charge in [-0.2, -0.15) is 0 Å². The SMILES string of the molecule is CC1CC=c2c([nH]c(=N)n2CC(=O)c2ccc(Cl)cc2)=C1CCc1ccccc1. The molecule has 4 rings (SSSR count). The summed E-state index contributed by atoms with van der Waals surface area (Å²) in [6, 6.07) is 17.4. The fraction of sp³-hybridized carbons (Fsp3) is 0.250. The van der Waals surface area contributed by atoms with E-state index in [4.69, 9.17) is 17.0 Å². The number of hydrogen-bond acceptors (Lipinski definition) is 2. The number of imidazole rings is 1. The third kappa shape index (κ3) is 4.13. The Balaban J connectivity index is 1.66. The first-order chi connectivity index (χ1) is 14.0. The van der Waals surface area contributed by atoms with Crippen LogP contribution in [0.5, 0.6) is 0 Å². The monoisotopic (exact) mass is 405 g/mol. The van der Waals surface area contributed by atoms with Crippen LogP contribution in [0, 0.1) is 11.3 Å². The lowest BCUT2D eigenvalue weighted by molar-refractivity contribution is 0.0969. The Morgan fingerprint density at radius 2 is 1.86 bits per heavy atom. The Labute approximate surface area is 174 Å². The molecule has 5 heteroatoms. The highest BCUT2D eigenvalue weighted by molar-refractivity contribution is 6.30. The number of Topliss-reactive ketones (excluding diaryl/α,β-unsaturated/α-hetero) is 1. The van der Waals surface area contributed by atoms with E-state index in [2.05, 4.69) is 42.2 Å². The molecule has 0 aliphatic heterocycles. The van der Waals surface area contributed by atoms with Crippen molar-refractivity contribution in [2.24, 2.45) is 5.92 Å². The van der Waals surface area contributed by atoms with Crippen LogP contribution in [0.4, 0.5) is 0 Å². The Hall–Kier alpha value is -2.85. The molecule has 148 valence electrons. The minimum absolute atomic E-state index is 0.0279. The highest BCUT2D eigenvalue weighted by atomic mass is 35.5. The number of halogens is 1. The second-order valence-corrected chi connectivity index (χ2v) is 8.04. The lowest BCUT2D eigenvalue weighted by Gasteiger charge is -2.17. The molecule has 1 aromatic heterocycles. The van der Waals surface area contributed by atoms with E-state index < -0.39 is 0 Å². The van der Waals surface area contributed by atoms with Crippen molar-refractivity contribution in [3.63, 3.8) is 0 Å². The number of nitrogens with one attached hydrogen (secondary N) is 2. The molecule has 4 nitrogen and oxygen atoms in total. The first kappa shape index (κ1) is 19.5. The second-order valence-electron chi connectivity index (χ2n) is 7.60. The second kappa shape index (κ2) is 8.26. The molecular weight excluding hydrogens is 382 g/mol. The third-order valence-corrected chi connectivity index (χ3v) is 5.89. The van der Waals surface area contributed by atoms with Crippen molar-refractivity contribution in [2.75, 3.05) is 0 Å². The van der Waals surface area contributed by atoms with Gasteiger partial charge in [-0.15, -0.1) is 0 Å². The van der Waals surface area contributed by atoms with Crippen LogP contribution in [0.25, 0.3) is 11.6 Å². The Bertz CT molecular complexity index is 1200. The van der Waals surface area contributed by atoms with Gasteiger partial charge in [0.15, 0.2) is 5.78 Å². The highest BCUT2D eigenvalue weighted by Crippen LogP contribution is 2.22. The summed E-state index contributed by atoms with van der Waals surface area (Å²) in [5.41, 5.74) is 3.51. The van der Waals surface area contributed by atoms with Crippen LogP contribution in [0.2, 0.25) is 5.02 Å². The van der Waals surface area contributed by atoms with Crippen LogP contribution in [-0.4, -0.2) is 15.3 Å². The first-order valence-electron chi connectivity index (χ1n) is 9.92. The van der Waals surface area contributed by atoms with Crippen molar-refractivity contribution < 1.29 is 4.79 Å². The molecule has 1 aliphatic rings. The van der Waals surface area contributed by atoms with Crippen molar-refractivity contribution in [1.29, 1.82) is 5.41 Å². The molecule has 29 heavy (non-hydrogen) atoms. The number of carbonyl (C=O) groups excluding carboxylic acids is 1. The zero-order chi connectivity index (χ0) is 20.4. The summed E-state index contributed by atoms with van der Waals surface area (Å²) < 4.78 is 1.78. The van der Waals surface area contributed by atoms with Gasteiger partial charge in [0.25, 0.3) is 0 Å². The molecule has 0 saturated heterocycles. The summed E-state index contributed by atoms with van der Waals surface area (Å²) in [4.78, 5) is 16.0. The number of nitrogens with zero attached hydrogens (tertiary/aromatic N) is 1. The van der Waals surface area contributed by atoms with Gasteiger partial charge in [0, 0.05) is 10.6 Å². The number of aromatic nitrogens is 2. The molecule has 1 unspecified atom stereocenters. The molecule has 0 saturated carbocycles. The molecule has 2 N–H and O–H groups in total. The predicted molar refractivity (Wildman–Crippen MR) is 116 cm³/mol. The summed E-state index contributed by atoms with van der Waals surface area (Å²) >= 11 is 5.92. The smallest absolute Gasteiger partial charge is 0.200 e. The van der Waals surface area contributed by atoms with Gasteiger partial charge < -0.3 is 9.55 Å². The average Bonchev–Trinajstić information content (AvgIpc) is 3.04. The molecule has 2 aromatic carbocycles. The topological polar surface area (TPSA) is 61.6 Å². The Morgan fingerprint density at radius 3 is 2.59 bits per heavy atom. The van der Waals surface area contributed by atoms with E-state index in [1.54, 1.807) is 28.8 Å². The first-order valence-corrected chi connectivity index (χ1v) is 10.3. The quantitative estimate of drug-likeness (QED) is 0.606. The van der Waals surface area contributed by atoms with Crippen LogP contribution in [0.3, 0.4) is 0 Å². The van der Waals surface area contributed by atoms with Gasteiger partial charge in [-0.05, 0) is 60.6 Å². The largest absolute Gasteiger partial charge is 0.324 e. The van der Waals surface area contributed by atoms with Crippen molar-refractivity contribution in [3.8, 4) is 0 Å². The number of carbonyl (C=O) groups is 1. The maximum absolute atomic E-state index is 12.7. The van der Waals surface area contributed by atoms with E-state index in [1.807, 2.05) is 6.07 Å². The number of aromatic amines is 1. The van der Waals surface area contributed by atoms with E-state index in [0.717, 1.165) is 30.0 Å². The molecule has 1 atom stereocenters. The lowest BCUT2D eigenvalue weighted by Crippen LogP contribution is -2.38. The maximum Gasteiger partial charge on any atom is 0.200 e. The molecule has 0 spiro atoms. The normalized spacial score (nSPS) is 15.7. The highest BCUT2D eigenvalue weighted by Gasteiger charge is 2.18. The van der Waals surface area contributed by atoms with Gasteiger partial charge >= 0.3 is 0 Å². The number of fused-ring (bicyclic) bond motifs is 1. The molecule has 0 amide bonds. The van der Waals surface area contributed by atoms with Crippen molar-refractivity contribution >= 4 is 29.0 Å². The van der Waals surface area contributed by atoms with E-state index >= 15 is 0 Å². The van der Waals surface area contributed by atoms with E-state index in [1.165, 1.54) is 11.1 Å². The molecule has 1 heterocycles. The summed E-state index contributed by atoms with van der Waals surface area (Å²) in [7, 11) is 0. The van der Waals surface area contributed by atoms with Gasteiger partial charge in [0.1, 0.15) is 0 Å². The summed E-state index contributed by atoms with van der Waals surface area (Å²) in [6.07, 6.45) is 4.98. The summed E-state index contributed by atoms with van der Waals surface area (Å²) in [6.45, 7) is 2.37. The summed E-state index contributed by atoms with van der Waals surface area (Å²) in [5, 5.41) is 11.0. The predicted octanol–water partition coefficient (Wildman–Crippen LogP) is 3.44. The van der Waals surface area contributed by atoms with Crippen LogP contribution in [-0.2, 0) is 13.0 Å². The van der Waals surface area contributed by atoms with Gasteiger partial charge in [0.05, 0.1) is 17.2 Å². The molecule has 0 fully saturated rings. The average molecular weight is 406 g/mol. The van der Waals surface area contributed by atoms with Crippen molar-refractivity contribution in [2.45, 2.75) is 32.7 Å². The number of aryl methyl sites for hydroxylation is 1.